The summed E-state index contributed by atoms with van der Waals surface area (Å²) in [5.41, 5.74) is 3.24. The summed E-state index contributed by atoms with van der Waals surface area (Å²) in [6.07, 6.45) is 11.6. The van der Waals surface area contributed by atoms with E-state index in [0.717, 1.165) is 48.1 Å². The number of benzene rings is 2. The second kappa shape index (κ2) is 13.0. The van der Waals surface area contributed by atoms with Crippen LogP contribution in [0.3, 0.4) is 0 Å². The number of nitrogens with one attached hydrogen (secondary N) is 1. The molecule has 3 rings (SSSR count). The second-order valence-electron chi connectivity index (χ2n) is 10.5. The lowest BCUT2D eigenvalue weighted by molar-refractivity contribution is -0.134. The summed E-state index contributed by atoms with van der Waals surface area (Å²) < 4.78 is 4.69. The fourth-order valence-corrected chi connectivity index (χ4v) is 4.39. The summed E-state index contributed by atoms with van der Waals surface area (Å²) in [5.74, 6) is -0.407. The lowest BCUT2D eigenvalue weighted by Gasteiger charge is -2.30. The van der Waals surface area contributed by atoms with Gasteiger partial charge in [-0.1, -0.05) is 55.7 Å². The maximum Gasteiger partial charge on any atom is 0.330 e. The molecule has 0 saturated heterocycles. The fourth-order valence-electron chi connectivity index (χ4n) is 4.39. The molecule has 37 heavy (non-hydrogen) atoms. The van der Waals surface area contributed by atoms with Crippen LogP contribution in [0.4, 0.5) is 5.69 Å². The van der Waals surface area contributed by atoms with Gasteiger partial charge in [0.1, 0.15) is 0 Å². The van der Waals surface area contributed by atoms with Crippen molar-refractivity contribution in [2.75, 3.05) is 12.0 Å². The number of amides is 2. The molecule has 1 saturated carbocycles. The molecule has 0 aliphatic heterocycles. The number of methoxy groups -OCH3 is 1. The molecule has 0 bridgehead atoms. The SMILES string of the molecule is COC(=O)/C=C/c1cccc(N(Cc2ccc(/C=C/C(=O)NC(C)(C)C)cc2)C(=O)C2CCCCC2)c1. The van der Waals surface area contributed by atoms with Gasteiger partial charge in [-0.2, -0.15) is 0 Å². The number of nitrogens with zero attached hydrogens (tertiary/aromatic N) is 1. The second-order valence-corrected chi connectivity index (χ2v) is 10.5. The Morgan fingerprint density at radius 3 is 2.27 bits per heavy atom. The Kier molecular flexibility index (Phi) is 9.84. The van der Waals surface area contributed by atoms with E-state index in [-0.39, 0.29) is 23.3 Å². The average molecular weight is 503 g/mol. The van der Waals surface area contributed by atoms with Gasteiger partial charge in [0.25, 0.3) is 0 Å². The molecule has 0 aromatic heterocycles. The maximum absolute atomic E-state index is 13.7. The Labute approximate surface area is 220 Å². The number of hydrogen-bond acceptors (Lipinski definition) is 4. The predicted octanol–water partition coefficient (Wildman–Crippen LogP) is 5.91. The van der Waals surface area contributed by atoms with E-state index < -0.39 is 5.97 Å². The maximum atomic E-state index is 13.7. The number of rotatable bonds is 8. The summed E-state index contributed by atoms with van der Waals surface area (Å²) >= 11 is 0. The molecule has 196 valence electrons. The van der Waals surface area contributed by atoms with Crippen LogP contribution in [0.1, 0.15) is 69.6 Å². The van der Waals surface area contributed by atoms with E-state index in [4.69, 9.17) is 4.74 Å². The lowest BCUT2D eigenvalue weighted by Crippen LogP contribution is -2.39. The van der Waals surface area contributed by atoms with Gasteiger partial charge in [0.15, 0.2) is 0 Å². The highest BCUT2D eigenvalue weighted by molar-refractivity contribution is 5.95. The lowest BCUT2D eigenvalue weighted by atomic mass is 9.88. The molecule has 1 N–H and O–H groups in total. The monoisotopic (exact) mass is 502 g/mol. The Hall–Kier alpha value is -3.67. The minimum Gasteiger partial charge on any atom is -0.466 e. The van der Waals surface area contributed by atoms with Crippen LogP contribution in [-0.4, -0.2) is 30.4 Å². The zero-order chi connectivity index (χ0) is 26.8. The Bertz CT molecular complexity index is 1140. The van der Waals surface area contributed by atoms with E-state index in [1.165, 1.54) is 25.7 Å². The van der Waals surface area contributed by atoms with Crippen molar-refractivity contribution in [2.45, 2.75) is 65.0 Å². The number of carbonyl (C=O) groups excluding carboxylic acids is 3. The average Bonchev–Trinajstić information content (AvgIpc) is 2.89. The summed E-state index contributed by atoms with van der Waals surface area (Å²) in [6.45, 7) is 6.27. The van der Waals surface area contributed by atoms with E-state index in [1.807, 2.05) is 74.2 Å². The quantitative estimate of drug-likeness (QED) is 0.359. The normalized spacial score (nSPS) is 14.6. The third-order valence-corrected chi connectivity index (χ3v) is 6.26. The zero-order valence-corrected chi connectivity index (χ0v) is 22.3. The molecule has 0 spiro atoms. The van der Waals surface area contributed by atoms with E-state index in [0.29, 0.717) is 6.54 Å². The highest BCUT2D eigenvalue weighted by Gasteiger charge is 2.27. The molecule has 0 atom stereocenters. The molecular formula is C31H38N2O4. The molecule has 1 fully saturated rings. The Morgan fingerprint density at radius 1 is 0.946 bits per heavy atom. The minimum absolute atomic E-state index is 0.0200. The van der Waals surface area contributed by atoms with Gasteiger partial charge in [-0.25, -0.2) is 4.79 Å². The van der Waals surface area contributed by atoms with Crippen LogP contribution in [0.15, 0.2) is 60.7 Å². The molecule has 2 aromatic rings. The van der Waals surface area contributed by atoms with Gasteiger partial charge < -0.3 is 15.0 Å². The summed E-state index contributed by atoms with van der Waals surface area (Å²) in [5, 5.41) is 2.91. The van der Waals surface area contributed by atoms with Crippen molar-refractivity contribution >= 4 is 35.6 Å². The number of anilines is 1. The molecule has 0 unspecified atom stereocenters. The van der Waals surface area contributed by atoms with E-state index >= 15 is 0 Å². The zero-order valence-electron chi connectivity index (χ0n) is 22.3. The van der Waals surface area contributed by atoms with Crippen LogP contribution < -0.4 is 10.2 Å². The molecule has 6 heteroatoms. The number of ether oxygens (including phenoxy) is 1. The molecule has 0 heterocycles. The molecular weight excluding hydrogens is 464 g/mol. The molecule has 1 aliphatic carbocycles. The Balaban J connectivity index is 1.81. The fraction of sp³-hybridized carbons (Fsp3) is 0.387. The van der Waals surface area contributed by atoms with E-state index in [2.05, 4.69) is 5.32 Å². The van der Waals surface area contributed by atoms with Crippen LogP contribution in [0.2, 0.25) is 0 Å². The number of carbonyl (C=O) groups is 3. The van der Waals surface area contributed by atoms with Gasteiger partial charge in [0.2, 0.25) is 11.8 Å². The van der Waals surface area contributed by atoms with Crippen molar-refractivity contribution in [3.05, 3.63) is 77.4 Å². The van der Waals surface area contributed by atoms with Crippen LogP contribution in [0.25, 0.3) is 12.2 Å². The first-order valence-electron chi connectivity index (χ1n) is 12.9. The molecule has 6 nitrogen and oxygen atoms in total. The smallest absolute Gasteiger partial charge is 0.330 e. The van der Waals surface area contributed by atoms with Crippen LogP contribution in [0, 0.1) is 5.92 Å². The summed E-state index contributed by atoms with van der Waals surface area (Å²) in [6, 6.07) is 15.5. The van der Waals surface area contributed by atoms with Crippen molar-refractivity contribution in [3.63, 3.8) is 0 Å². The van der Waals surface area contributed by atoms with Gasteiger partial charge in [-0.15, -0.1) is 0 Å². The van der Waals surface area contributed by atoms with Gasteiger partial charge in [-0.05, 0) is 74.6 Å². The highest BCUT2D eigenvalue weighted by Crippen LogP contribution is 2.29. The van der Waals surface area contributed by atoms with Gasteiger partial charge in [0, 0.05) is 29.3 Å². The van der Waals surface area contributed by atoms with Crippen molar-refractivity contribution in [1.29, 1.82) is 0 Å². The third-order valence-electron chi connectivity index (χ3n) is 6.26. The standard InChI is InChI=1S/C31H38N2O4/c1-31(2,3)32-28(34)19-17-23-13-15-25(16-14-23)22-33(30(36)26-10-6-5-7-11-26)27-12-8-9-24(21-27)18-20-29(35)37-4/h8-9,12-21,26H,5-7,10-11,22H2,1-4H3,(H,32,34)/b19-17+,20-18+. The van der Waals surface area contributed by atoms with E-state index in [9.17, 15) is 14.4 Å². The minimum atomic E-state index is -0.425. The first-order valence-corrected chi connectivity index (χ1v) is 12.9. The number of esters is 1. The van der Waals surface area contributed by atoms with E-state index in [1.54, 1.807) is 12.2 Å². The van der Waals surface area contributed by atoms with Gasteiger partial charge >= 0.3 is 5.97 Å². The van der Waals surface area contributed by atoms with Crippen molar-refractivity contribution in [2.24, 2.45) is 5.92 Å². The molecule has 0 radical (unpaired) electrons. The van der Waals surface area contributed by atoms with Crippen LogP contribution >= 0.6 is 0 Å². The number of hydrogen-bond donors (Lipinski definition) is 1. The Morgan fingerprint density at radius 2 is 1.62 bits per heavy atom. The van der Waals surface area contributed by atoms with Crippen molar-refractivity contribution < 1.29 is 19.1 Å². The van der Waals surface area contributed by atoms with Crippen molar-refractivity contribution in [3.8, 4) is 0 Å². The van der Waals surface area contributed by atoms with Crippen LogP contribution in [-0.2, 0) is 25.7 Å². The van der Waals surface area contributed by atoms with Gasteiger partial charge in [-0.3, -0.25) is 9.59 Å². The largest absolute Gasteiger partial charge is 0.466 e. The first-order chi connectivity index (χ1) is 17.6. The summed E-state index contributed by atoms with van der Waals surface area (Å²) in [4.78, 5) is 39.1. The predicted molar refractivity (Wildman–Crippen MR) is 149 cm³/mol. The topological polar surface area (TPSA) is 75.7 Å². The van der Waals surface area contributed by atoms with Crippen LogP contribution in [0.5, 0.6) is 0 Å². The molecule has 2 amide bonds. The first kappa shape index (κ1) is 27.9. The molecule has 1 aliphatic rings. The molecule has 2 aromatic carbocycles. The highest BCUT2D eigenvalue weighted by atomic mass is 16.5. The third kappa shape index (κ3) is 9.05. The summed E-state index contributed by atoms with van der Waals surface area (Å²) in [7, 11) is 1.34. The van der Waals surface area contributed by atoms with Gasteiger partial charge in [0.05, 0.1) is 13.7 Å². The van der Waals surface area contributed by atoms with Crippen molar-refractivity contribution in [1.82, 2.24) is 5.32 Å².